The first-order valence-electron chi connectivity index (χ1n) is 3.08. The fraction of sp³-hybridized carbons (Fsp3) is 0.143. The van der Waals surface area contributed by atoms with E-state index in [4.69, 9.17) is 0 Å². The van der Waals surface area contributed by atoms with Gasteiger partial charge < -0.3 is 0 Å². The molecule has 0 nitrogen and oxygen atoms in total. The first-order chi connectivity index (χ1) is 5.57. The average Bonchev–Trinajstić information content (AvgIpc) is 2.02. The molecule has 0 aliphatic heterocycles. The van der Waals surface area contributed by atoms with Crippen LogP contribution in [0, 0.1) is 23.3 Å². The standard InChI is InChI=1S/C6HF4.CH3.Sn/c7-3-1-4(8)6(10)2-5(3)9;;/h1H;1H3;. The molecule has 5 heteroatoms. The van der Waals surface area contributed by atoms with Gasteiger partial charge in [-0.2, -0.15) is 0 Å². The van der Waals surface area contributed by atoms with Gasteiger partial charge in [-0.1, -0.05) is 0 Å². The van der Waals surface area contributed by atoms with Crippen molar-refractivity contribution in [3.8, 4) is 0 Å². The number of halogens is 4. The van der Waals surface area contributed by atoms with Crippen molar-refractivity contribution < 1.29 is 17.6 Å². The van der Waals surface area contributed by atoms with Crippen molar-refractivity contribution in [2.45, 2.75) is 4.94 Å². The number of hydrogen-bond donors (Lipinski definition) is 0. The third kappa shape index (κ3) is 1.57. The summed E-state index contributed by atoms with van der Waals surface area (Å²) in [5, 5.41) is 0. The van der Waals surface area contributed by atoms with Gasteiger partial charge >= 0.3 is 76.6 Å². The molecule has 0 heterocycles. The third-order valence-corrected chi connectivity index (χ3v) is 4.04. The van der Waals surface area contributed by atoms with E-state index in [0.717, 1.165) is 0 Å². The van der Waals surface area contributed by atoms with E-state index in [-0.39, 0.29) is 9.65 Å². The number of rotatable bonds is 1. The Kier molecular flexibility index (Phi) is 2.98. The van der Waals surface area contributed by atoms with Gasteiger partial charge in [0.25, 0.3) is 0 Å². The van der Waals surface area contributed by atoms with Gasteiger partial charge in [-0.15, -0.1) is 0 Å². The van der Waals surface area contributed by atoms with Crippen LogP contribution in [0.3, 0.4) is 0 Å². The second kappa shape index (κ2) is 3.64. The topological polar surface area (TPSA) is 0 Å². The van der Waals surface area contributed by atoms with Crippen LogP contribution in [0.4, 0.5) is 17.6 Å². The molecule has 12 heavy (non-hydrogen) atoms. The Bertz CT molecular complexity index is 285. The molecule has 0 saturated heterocycles. The van der Waals surface area contributed by atoms with Gasteiger partial charge in [0.2, 0.25) is 0 Å². The molecule has 0 aliphatic carbocycles. The van der Waals surface area contributed by atoms with E-state index in [0.29, 0.717) is 0 Å². The van der Waals surface area contributed by atoms with Crippen LogP contribution in [0.2, 0.25) is 4.94 Å². The zero-order valence-electron chi connectivity index (χ0n) is 6.09. The monoisotopic (exact) mass is 284 g/mol. The van der Waals surface area contributed by atoms with Gasteiger partial charge in [-0.25, -0.2) is 0 Å². The van der Waals surface area contributed by atoms with Gasteiger partial charge in [-0.05, 0) is 0 Å². The van der Waals surface area contributed by atoms with Crippen molar-refractivity contribution in [1.82, 2.24) is 0 Å². The van der Waals surface area contributed by atoms with E-state index < -0.39 is 44.4 Å². The molecule has 0 aromatic heterocycles. The minimum absolute atomic E-state index is 0.225. The van der Waals surface area contributed by atoms with E-state index in [9.17, 15) is 17.6 Å². The van der Waals surface area contributed by atoms with Gasteiger partial charge in [0.15, 0.2) is 0 Å². The van der Waals surface area contributed by atoms with Crippen LogP contribution in [0.1, 0.15) is 0 Å². The van der Waals surface area contributed by atoms with Crippen LogP contribution in [-0.2, 0) is 0 Å². The summed E-state index contributed by atoms with van der Waals surface area (Å²) >= 11 is -1.50. The SMILES string of the molecule is [CH3][Sn][c]1c(F)c(F)cc(F)c1F. The molecule has 0 spiro atoms. The summed E-state index contributed by atoms with van der Waals surface area (Å²) in [4.78, 5) is 1.59. The Balaban J connectivity index is 3.42. The van der Waals surface area contributed by atoms with Crippen molar-refractivity contribution in [3.05, 3.63) is 29.3 Å². The van der Waals surface area contributed by atoms with Crippen LogP contribution >= 0.6 is 0 Å². The summed E-state index contributed by atoms with van der Waals surface area (Å²) in [5.74, 6) is -5.09. The van der Waals surface area contributed by atoms with Crippen LogP contribution in [0.5, 0.6) is 0 Å². The third-order valence-electron chi connectivity index (χ3n) is 1.36. The number of benzene rings is 1. The average molecular weight is 283 g/mol. The zero-order chi connectivity index (χ0) is 9.30. The molecule has 0 fully saturated rings. The predicted molar refractivity (Wildman–Crippen MR) is 37.5 cm³/mol. The molecule has 0 amide bonds. The van der Waals surface area contributed by atoms with Crippen molar-refractivity contribution in [2.75, 3.05) is 0 Å². The van der Waals surface area contributed by atoms with E-state index in [1.807, 2.05) is 0 Å². The van der Waals surface area contributed by atoms with Crippen molar-refractivity contribution in [1.29, 1.82) is 0 Å². The van der Waals surface area contributed by atoms with Crippen molar-refractivity contribution >= 4 is 24.7 Å². The van der Waals surface area contributed by atoms with E-state index in [1.54, 1.807) is 4.94 Å². The molecule has 1 aromatic carbocycles. The van der Waals surface area contributed by atoms with Crippen LogP contribution in [-0.4, -0.2) is 21.1 Å². The van der Waals surface area contributed by atoms with Crippen LogP contribution in [0.15, 0.2) is 6.07 Å². The zero-order valence-corrected chi connectivity index (χ0v) is 8.94. The quantitative estimate of drug-likeness (QED) is 0.417. The second-order valence-electron chi connectivity index (χ2n) is 2.09. The summed E-state index contributed by atoms with van der Waals surface area (Å²) in [7, 11) is 0. The van der Waals surface area contributed by atoms with E-state index in [1.165, 1.54) is 0 Å². The predicted octanol–water partition coefficient (Wildman–Crippen LogP) is 1.62. The molecule has 0 bridgehead atoms. The second-order valence-corrected chi connectivity index (χ2v) is 4.95. The first-order valence-corrected chi connectivity index (χ1v) is 7.36. The summed E-state index contributed by atoms with van der Waals surface area (Å²) in [5.41, 5.74) is 0. The summed E-state index contributed by atoms with van der Waals surface area (Å²) in [6.45, 7) is 0. The number of hydrogen-bond acceptors (Lipinski definition) is 0. The van der Waals surface area contributed by atoms with Gasteiger partial charge in [0.1, 0.15) is 0 Å². The molecular weight excluding hydrogens is 279 g/mol. The molecule has 0 atom stereocenters. The molecule has 0 saturated carbocycles. The molecule has 1 rings (SSSR count). The maximum atomic E-state index is 12.7. The Hall–Kier alpha value is -0.261. The van der Waals surface area contributed by atoms with Gasteiger partial charge in [0.05, 0.1) is 0 Å². The molecule has 0 aliphatic rings. The fourth-order valence-electron chi connectivity index (χ4n) is 0.793. The fourth-order valence-corrected chi connectivity index (χ4v) is 2.73. The van der Waals surface area contributed by atoms with Crippen LogP contribution in [0.25, 0.3) is 0 Å². The Morgan fingerprint density at radius 2 is 1.42 bits per heavy atom. The van der Waals surface area contributed by atoms with E-state index >= 15 is 0 Å². The molecule has 64 valence electrons. The van der Waals surface area contributed by atoms with Crippen LogP contribution < -0.4 is 3.58 Å². The van der Waals surface area contributed by atoms with Crippen molar-refractivity contribution in [2.24, 2.45) is 0 Å². The molecule has 1 aromatic rings. The molecular formula is C7H4F4Sn. The summed E-state index contributed by atoms with van der Waals surface area (Å²) in [6.07, 6.45) is 0. The van der Waals surface area contributed by atoms with Gasteiger partial charge in [-0.3, -0.25) is 0 Å². The summed E-state index contributed by atoms with van der Waals surface area (Å²) in [6, 6.07) is 0.225. The summed E-state index contributed by atoms with van der Waals surface area (Å²) < 4.78 is 49.9. The molecule has 0 unspecified atom stereocenters. The van der Waals surface area contributed by atoms with Gasteiger partial charge in [0, 0.05) is 0 Å². The first kappa shape index (κ1) is 9.82. The van der Waals surface area contributed by atoms with E-state index in [2.05, 4.69) is 0 Å². The normalized spacial score (nSPS) is 10.4. The molecule has 0 N–H and O–H groups in total. The molecule has 2 radical (unpaired) electrons. The Morgan fingerprint density at radius 1 is 1.00 bits per heavy atom. The Morgan fingerprint density at radius 3 is 1.75 bits per heavy atom. The Labute approximate surface area is 76.8 Å². The van der Waals surface area contributed by atoms with Crippen molar-refractivity contribution in [3.63, 3.8) is 0 Å². The maximum absolute atomic E-state index is 12.7. The minimum atomic E-state index is -1.50.